The Morgan fingerprint density at radius 1 is 1.50 bits per heavy atom. The molecule has 2 rings (SSSR count). The van der Waals surface area contributed by atoms with Crippen LogP contribution < -0.4 is 10.1 Å². The van der Waals surface area contributed by atoms with Crippen molar-refractivity contribution in [1.29, 1.82) is 0 Å². The van der Waals surface area contributed by atoms with Crippen LogP contribution in [-0.2, 0) is 6.54 Å². The minimum absolute atomic E-state index is 0.0514. The van der Waals surface area contributed by atoms with Crippen molar-refractivity contribution in [1.82, 2.24) is 10.3 Å². The number of halogens is 3. The second-order valence-corrected chi connectivity index (χ2v) is 4.42. The molecular formula is C12H15F3N2O. The molecule has 100 valence electrons. The lowest BCUT2D eigenvalue weighted by Crippen LogP contribution is -2.32. The van der Waals surface area contributed by atoms with Crippen molar-refractivity contribution >= 4 is 0 Å². The van der Waals surface area contributed by atoms with E-state index in [0.717, 1.165) is 19.8 Å². The molecule has 1 atom stereocenters. The van der Waals surface area contributed by atoms with Crippen molar-refractivity contribution in [2.24, 2.45) is 0 Å². The van der Waals surface area contributed by atoms with Gasteiger partial charge in [-0.3, -0.25) is 0 Å². The smallest absolute Gasteiger partial charge is 0.425 e. The highest BCUT2D eigenvalue weighted by atomic mass is 19.4. The SMILES string of the molecule is CC(Oc1ncccc1CNC1CC1)C(F)(F)F. The van der Waals surface area contributed by atoms with E-state index in [-0.39, 0.29) is 5.88 Å². The highest BCUT2D eigenvalue weighted by molar-refractivity contribution is 5.25. The van der Waals surface area contributed by atoms with Crippen molar-refractivity contribution in [2.45, 2.75) is 44.6 Å². The highest BCUT2D eigenvalue weighted by Crippen LogP contribution is 2.26. The Labute approximate surface area is 103 Å². The average Bonchev–Trinajstić information content (AvgIpc) is 3.10. The van der Waals surface area contributed by atoms with Crippen molar-refractivity contribution in [3.63, 3.8) is 0 Å². The number of pyridine rings is 1. The molecule has 1 fully saturated rings. The van der Waals surface area contributed by atoms with Gasteiger partial charge in [-0.15, -0.1) is 0 Å². The van der Waals surface area contributed by atoms with E-state index in [9.17, 15) is 13.2 Å². The first-order valence-electron chi connectivity index (χ1n) is 5.87. The molecule has 1 unspecified atom stereocenters. The van der Waals surface area contributed by atoms with Gasteiger partial charge in [-0.1, -0.05) is 6.07 Å². The molecule has 18 heavy (non-hydrogen) atoms. The highest BCUT2D eigenvalue weighted by Gasteiger charge is 2.38. The van der Waals surface area contributed by atoms with Crippen LogP contribution >= 0.6 is 0 Å². The predicted octanol–water partition coefficient (Wildman–Crippen LogP) is 2.66. The van der Waals surface area contributed by atoms with E-state index in [2.05, 4.69) is 10.3 Å². The number of ether oxygens (including phenoxy) is 1. The van der Waals surface area contributed by atoms with Crippen LogP contribution in [0.4, 0.5) is 13.2 Å². The fourth-order valence-corrected chi connectivity index (χ4v) is 1.44. The molecule has 0 spiro atoms. The van der Waals surface area contributed by atoms with Gasteiger partial charge in [0.05, 0.1) is 0 Å². The van der Waals surface area contributed by atoms with Gasteiger partial charge in [-0.2, -0.15) is 13.2 Å². The maximum absolute atomic E-state index is 12.4. The number of nitrogens with zero attached hydrogens (tertiary/aromatic N) is 1. The van der Waals surface area contributed by atoms with Crippen molar-refractivity contribution in [3.8, 4) is 5.88 Å². The summed E-state index contributed by atoms with van der Waals surface area (Å²) in [4.78, 5) is 3.87. The third-order valence-electron chi connectivity index (χ3n) is 2.76. The summed E-state index contributed by atoms with van der Waals surface area (Å²) in [6.45, 7) is 1.46. The number of rotatable bonds is 5. The Balaban J connectivity index is 2.01. The third kappa shape index (κ3) is 3.60. The number of alkyl halides is 3. The lowest BCUT2D eigenvalue weighted by Gasteiger charge is -2.18. The van der Waals surface area contributed by atoms with Gasteiger partial charge in [0.1, 0.15) is 0 Å². The Morgan fingerprint density at radius 3 is 2.83 bits per heavy atom. The summed E-state index contributed by atoms with van der Waals surface area (Å²) in [5.74, 6) is 0.0514. The van der Waals surface area contributed by atoms with Crippen LogP contribution in [0.3, 0.4) is 0 Å². The lowest BCUT2D eigenvalue weighted by atomic mass is 10.2. The quantitative estimate of drug-likeness (QED) is 0.883. The molecule has 1 aromatic heterocycles. The Kier molecular flexibility index (Phi) is 3.75. The Hall–Kier alpha value is -1.30. The van der Waals surface area contributed by atoms with Crippen LogP contribution in [0.1, 0.15) is 25.3 Å². The summed E-state index contributed by atoms with van der Waals surface area (Å²) in [5.41, 5.74) is 0.653. The lowest BCUT2D eigenvalue weighted by molar-refractivity contribution is -0.190. The minimum Gasteiger partial charge on any atom is -0.465 e. The first-order chi connectivity index (χ1) is 8.47. The van der Waals surface area contributed by atoms with Crippen molar-refractivity contribution in [2.75, 3.05) is 0 Å². The largest absolute Gasteiger partial charge is 0.465 e. The molecule has 0 aromatic carbocycles. The first-order valence-corrected chi connectivity index (χ1v) is 5.87. The third-order valence-corrected chi connectivity index (χ3v) is 2.76. The second-order valence-electron chi connectivity index (χ2n) is 4.42. The van der Waals surface area contributed by atoms with Crippen LogP contribution in [0.2, 0.25) is 0 Å². The summed E-state index contributed by atoms with van der Waals surface area (Å²) in [5, 5.41) is 3.22. The topological polar surface area (TPSA) is 34.1 Å². The monoisotopic (exact) mass is 260 g/mol. The average molecular weight is 260 g/mol. The predicted molar refractivity (Wildman–Crippen MR) is 60.2 cm³/mol. The van der Waals surface area contributed by atoms with E-state index in [1.807, 2.05) is 0 Å². The molecule has 0 bridgehead atoms. The first kappa shape index (κ1) is 13.1. The summed E-state index contributed by atoms with van der Waals surface area (Å²) in [6, 6.07) is 3.90. The standard InChI is InChI=1S/C12H15F3N2O/c1-8(12(13,14)15)18-11-9(3-2-6-16-11)7-17-10-4-5-10/h2-3,6,8,10,17H,4-5,7H2,1H3. The molecule has 1 saturated carbocycles. The number of hydrogen-bond donors (Lipinski definition) is 1. The van der Waals surface area contributed by atoms with Gasteiger partial charge in [0.2, 0.25) is 5.88 Å². The van der Waals surface area contributed by atoms with E-state index in [4.69, 9.17) is 4.74 Å². The van der Waals surface area contributed by atoms with Crippen LogP contribution in [0.25, 0.3) is 0 Å². The van der Waals surface area contributed by atoms with Crippen LogP contribution in [0.5, 0.6) is 5.88 Å². The number of hydrogen-bond acceptors (Lipinski definition) is 3. The Morgan fingerprint density at radius 2 is 2.22 bits per heavy atom. The molecule has 3 nitrogen and oxygen atoms in total. The summed E-state index contributed by atoms with van der Waals surface area (Å²) < 4.78 is 42.2. The Bertz CT molecular complexity index is 405. The van der Waals surface area contributed by atoms with E-state index >= 15 is 0 Å². The molecule has 1 aliphatic carbocycles. The van der Waals surface area contributed by atoms with E-state index in [1.165, 1.54) is 6.20 Å². The zero-order valence-corrected chi connectivity index (χ0v) is 10.00. The van der Waals surface area contributed by atoms with Gasteiger partial charge < -0.3 is 10.1 Å². The molecule has 1 heterocycles. The minimum atomic E-state index is -4.38. The summed E-state index contributed by atoms with van der Waals surface area (Å²) in [7, 11) is 0. The second kappa shape index (κ2) is 5.14. The molecule has 0 saturated heterocycles. The fraction of sp³-hybridized carbons (Fsp3) is 0.583. The van der Waals surface area contributed by atoms with Crippen LogP contribution in [0.15, 0.2) is 18.3 Å². The molecule has 0 amide bonds. The number of aromatic nitrogens is 1. The van der Waals surface area contributed by atoms with Gasteiger partial charge in [0.25, 0.3) is 0 Å². The van der Waals surface area contributed by atoms with E-state index < -0.39 is 12.3 Å². The molecule has 1 aliphatic rings. The van der Waals surface area contributed by atoms with Crippen molar-refractivity contribution in [3.05, 3.63) is 23.9 Å². The van der Waals surface area contributed by atoms with Gasteiger partial charge in [-0.05, 0) is 25.8 Å². The maximum Gasteiger partial charge on any atom is 0.425 e. The van der Waals surface area contributed by atoms with Crippen LogP contribution in [0, 0.1) is 0 Å². The van der Waals surface area contributed by atoms with Gasteiger partial charge >= 0.3 is 6.18 Å². The molecular weight excluding hydrogens is 245 g/mol. The summed E-state index contributed by atoms with van der Waals surface area (Å²) in [6.07, 6.45) is -2.56. The maximum atomic E-state index is 12.4. The van der Waals surface area contributed by atoms with Crippen molar-refractivity contribution < 1.29 is 17.9 Å². The summed E-state index contributed by atoms with van der Waals surface area (Å²) >= 11 is 0. The zero-order valence-electron chi connectivity index (χ0n) is 10.00. The fourth-order valence-electron chi connectivity index (χ4n) is 1.44. The zero-order chi connectivity index (χ0) is 13.2. The normalized spacial score (nSPS) is 17.6. The molecule has 6 heteroatoms. The molecule has 1 aromatic rings. The van der Waals surface area contributed by atoms with Gasteiger partial charge in [0.15, 0.2) is 6.10 Å². The van der Waals surface area contributed by atoms with Gasteiger partial charge in [-0.25, -0.2) is 4.98 Å². The van der Waals surface area contributed by atoms with Crippen LogP contribution in [-0.4, -0.2) is 23.3 Å². The molecule has 1 N–H and O–H groups in total. The molecule has 0 radical (unpaired) electrons. The molecule has 0 aliphatic heterocycles. The van der Waals surface area contributed by atoms with E-state index in [0.29, 0.717) is 18.2 Å². The number of nitrogens with one attached hydrogen (secondary N) is 1. The van der Waals surface area contributed by atoms with Gasteiger partial charge in [0, 0.05) is 24.3 Å². The van der Waals surface area contributed by atoms with E-state index in [1.54, 1.807) is 12.1 Å².